The van der Waals surface area contributed by atoms with Gasteiger partial charge in [0.2, 0.25) is 0 Å². The summed E-state index contributed by atoms with van der Waals surface area (Å²) in [5, 5.41) is 12.8. The summed E-state index contributed by atoms with van der Waals surface area (Å²) in [5.41, 5.74) is 0.199. The third-order valence-electron chi connectivity index (χ3n) is 3.46. The van der Waals surface area contributed by atoms with E-state index in [-0.39, 0.29) is 23.6 Å². The summed E-state index contributed by atoms with van der Waals surface area (Å²) < 4.78 is 31.6. The van der Waals surface area contributed by atoms with E-state index in [0.29, 0.717) is 0 Å². The predicted octanol–water partition coefficient (Wildman–Crippen LogP) is 2.78. The SMILES string of the molecule is C=CCOc1cccnc1C(=O)NC(C)C(O)c1ccc(F)c(F)c1. The number of pyridine rings is 1. The van der Waals surface area contributed by atoms with Gasteiger partial charge >= 0.3 is 0 Å². The van der Waals surface area contributed by atoms with Crippen molar-refractivity contribution in [2.24, 2.45) is 0 Å². The second kappa shape index (κ2) is 8.34. The first kappa shape index (κ1) is 18.5. The van der Waals surface area contributed by atoms with Crippen molar-refractivity contribution in [3.63, 3.8) is 0 Å². The number of ether oxygens (including phenoxy) is 1. The number of halogens is 2. The van der Waals surface area contributed by atoms with E-state index in [1.165, 1.54) is 25.3 Å². The van der Waals surface area contributed by atoms with Crippen molar-refractivity contribution in [3.05, 3.63) is 72.1 Å². The molecule has 0 aliphatic rings. The number of rotatable bonds is 7. The minimum absolute atomic E-state index is 0.0497. The topological polar surface area (TPSA) is 71.5 Å². The Morgan fingerprint density at radius 2 is 2.16 bits per heavy atom. The van der Waals surface area contributed by atoms with E-state index in [2.05, 4.69) is 16.9 Å². The van der Waals surface area contributed by atoms with Crippen molar-refractivity contribution < 1.29 is 23.4 Å². The van der Waals surface area contributed by atoms with Crippen LogP contribution in [0.5, 0.6) is 5.75 Å². The summed E-state index contributed by atoms with van der Waals surface area (Å²) >= 11 is 0. The van der Waals surface area contributed by atoms with Crippen LogP contribution >= 0.6 is 0 Å². The molecule has 0 fully saturated rings. The Morgan fingerprint density at radius 3 is 2.84 bits per heavy atom. The zero-order chi connectivity index (χ0) is 18.4. The molecular formula is C18H18F2N2O3. The molecule has 132 valence electrons. The highest BCUT2D eigenvalue weighted by atomic mass is 19.2. The second-order valence-corrected chi connectivity index (χ2v) is 5.33. The summed E-state index contributed by atoms with van der Waals surface area (Å²) in [5.74, 6) is -2.37. The number of benzene rings is 1. The Balaban J connectivity index is 2.11. The molecule has 2 unspecified atom stereocenters. The first-order chi connectivity index (χ1) is 11.9. The van der Waals surface area contributed by atoms with Gasteiger partial charge in [-0.05, 0) is 36.8 Å². The van der Waals surface area contributed by atoms with Gasteiger partial charge in [0.15, 0.2) is 23.1 Å². The Morgan fingerprint density at radius 1 is 1.40 bits per heavy atom. The Hall–Kier alpha value is -2.80. The monoisotopic (exact) mass is 348 g/mol. The number of hydrogen-bond acceptors (Lipinski definition) is 4. The van der Waals surface area contributed by atoms with Gasteiger partial charge in [-0.1, -0.05) is 18.7 Å². The number of amides is 1. The van der Waals surface area contributed by atoms with E-state index in [9.17, 15) is 18.7 Å². The molecule has 0 saturated heterocycles. The standard InChI is InChI=1S/C18H18F2N2O3/c1-3-9-25-15-5-4-8-21-16(15)18(24)22-11(2)17(23)12-6-7-13(19)14(20)10-12/h3-8,10-11,17,23H,1,9H2,2H3,(H,22,24). The van der Waals surface area contributed by atoms with Gasteiger partial charge in [-0.25, -0.2) is 13.8 Å². The fourth-order valence-corrected chi connectivity index (χ4v) is 2.17. The van der Waals surface area contributed by atoms with Gasteiger partial charge in [-0.15, -0.1) is 0 Å². The van der Waals surface area contributed by atoms with Gasteiger partial charge in [0, 0.05) is 6.20 Å². The average molecular weight is 348 g/mol. The second-order valence-electron chi connectivity index (χ2n) is 5.33. The number of carbonyl (C=O) groups is 1. The van der Waals surface area contributed by atoms with Gasteiger partial charge in [0.25, 0.3) is 5.91 Å². The zero-order valence-electron chi connectivity index (χ0n) is 13.6. The fraction of sp³-hybridized carbons (Fsp3) is 0.222. The molecule has 2 N–H and O–H groups in total. The van der Waals surface area contributed by atoms with Crippen LogP contribution in [0.15, 0.2) is 49.2 Å². The normalized spacial score (nSPS) is 13.0. The quantitative estimate of drug-likeness (QED) is 0.755. The largest absolute Gasteiger partial charge is 0.487 e. The molecule has 7 heteroatoms. The maximum absolute atomic E-state index is 13.3. The van der Waals surface area contributed by atoms with E-state index in [1.54, 1.807) is 12.1 Å². The van der Waals surface area contributed by atoms with Crippen LogP contribution in [0.1, 0.15) is 29.1 Å². The zero-order valence-corrected chi connectivity index (χ0v) is 13.6. The molecular weight excluding hydrogens is 330 g/mol. The summed E-state index contributed by atoms with van der Waals surface area (Å²) in [6, 6.07) is 5.50. The molecule has 0 spiro atoms. The minimum Gasteiger partial charge on any atom is -0.487 e. The molecule has 5 nitrogen and oxygen atoms in total. The van der Waals surface area contributed by atoms with Gasteiger partial charge in [-0.3, -0.25) is 4.79 Å². The van der Waals surface area contributed by atoms with E-state index >= 15 is 0 Å². The van der Waals surface area contributed by atoms with Crippen LogP contribution in [0.25, 0.3) is 0 Å². The highest BCUT2D eigenvalue weighted by molar-refractivity contribution is 5.95. The third kappa shape index (κ3) is 4.60. The molecule has 1 aromatic carbocycles. The summed E-state index contributed by atoms with van der Waals surface area (Å²) in [6.07, 6.45) is 1.75. The van der Waals surface area contributed by atoms with E-state index in [1.807, 2.05) is 0 Å². The van der Waals surface area contributed by atoms with Crippen molar-refractivity contribution in [1.82, 2.24) is 10.3 Å². The molecule has 2 atom stereocenters. The van der Waals surface area contributed by atoms with Crippen molar-refractivity contribution in [2.75, 3.05) is 6.61 Å². The van der Waals surface area contributed by atoms with Gasteiger partial charge in [-0.2, -0.15) is 0 Å². The van der Waals surface area contributed by atoms with Crippen LogP contribution in [0.2, 0.25) is 0 Å². The highest BCUT2D eigenvalue weighted by Crippen LogP contribution is 2.21. The Kier molecular flexibility index (Phi) is 6.19. The molecule has 1 heterocycles. The molecule has 1 amide bonds. The Bertz CT molecular complexity index is 768. The van der Waals surface area contributed by atoms with Crippen molar-refractivity contribution in [1.29, 1.82) is 0 Å². The number of nitrogens with zero attached hydrogens (tertiary/aromatic N) is 1. The van der Waals surface area contributed by atoms with Crippen molar-refractivity contribution >= 4 is 5.91 Å². The lowest BCUT2D eigenvalue weighted by Gasteiger charge is -2.21. The molecule has 0 aliphatic carbocycles. The third-order valence-corrected chi connectivity index (χ3v) is 3.46. The minimum atomic E-state index is -1.22. The number of hydrogen-bond donors (Lipinski definition) is 2. The van der Waals surface area contributed by atoms with Crippen LogP contribution in [0, 0.1) is 11.6 Å². The van der Waals surface area contributed by atoms with Crippen LogP contribution in [-0.2, 0) is 0 Å². The molecule has 2 aromatic rings. The van der Waals surface area contributed by atoms with Crippen LogP contribution in [0.4, 0.5) is 8.78 Å². The summed E-state index contributed by atoms with van der Waals surface area (Å²) in [7, 11) is 0. The van der Waals surface area contributed by atoms with Crippen LogP contribution in [0.3, 0.4) is 0 Å². The highest BCUT2D eigenvalue weighted by Gasteiger charge is 2.22. The van der Waals surface area contributed by atoms with E-state index in [0.717, 1.165) is 12.1 Å². The molecule has 2 rings (SSSR count). The number of aromatic nitrogens is 1. The lowest BCUT2D eigenvalue weighted by molar-refractivity contribution is 0.0843. The molecule has 1 aromatic heterocycles. The van der Waals surface area contributed by atoms with Gasteiger partial charge < -0.3 is 15.2 Å². The smallest absolute Gasteiger partial charge is 0.274 e. The summed E-state index contributed by atoms with van der Waals surface area (Å²) in [4.78, 5) is 16.4. The van der Waals surface area contributed by atoms with Gasteiger partial charge in [0.1, 0.15) is 6.61 Å². The molecule has 25 heavy (non-hydrogen) atoms. The predicted molar refractivity (Wildman–Crippen MR) is 88.2 cm³/mol. The molecule has 0 aliphatic heterocycles. The lowest BCUT2D eigenvalue weighted by atomic mass is 10.0. The number of aliphatic hydroxyl groups excluding tert-OH is 1. The molecule has 0 saturated carbocycles. The maximum atomic E-state index is 13.3. The van der Waals surface area contributed by atoms with Gasteiger partial charge in [0.05, 0.1) is 12.1 Å². The van der Waals surface area contributed by atoms with Crippen LogP contribution < -0.4 is 10.1 Å². The number of nitrogens with one attached hydrogen (secondary N) is 1. The van der Waals surface area contributed by atoms with Crippen LogP contribution in [-0.4, -0.2) is 28.6 Å². The number of carbonyl (C=O) groups excluding carboxylic acids is 1. The maximum Gasteiger partial charge on any atom is 0.274 e. The van der Waals surface area contributed by atoms with Crippen molar-refractivity contribution in [3.8, 4) is 5.75 Å². The Labute approximate surface area is 144 Å². The van der Waals surface area contributed by atoms with E-state index in [4.69, 9.17) is 4.74 Å². The van der Waals surface area contributed by atoms with E-state index < -0.39 is 29.7 Å². The fourth-order valence-electron chi connectivity index (χ4n) is 2.17. The average Bonchev–Trinajstić information content (AvgIpc) is 2.61. The molecule has 0 bridgehead atoms. The first-order valence-electron chi connectivity index (χ1n) is 7.56. The summed E-state index contributed by atoms with van der Waals surface area (Å²) in [6.45, 7) is 5.28. The number of aliphatic hydroxyl groups is 1. The lowest BCUT2D eigenvalue weighted by Crippen LogP contribution is -2.37. The van der Waals surface area contributed by atoms with Crippen molar-refractivity contribution in [2.45, 2.75) is 19.1 Å². The molecule has 0 radical (unpaired) electrons. The first-order valence-corrected chi connectivity index (χ1v) is 7.56.